The molecule has 0 atom stereocenters. The number of hydrogen-bond donors (Lipinski definition) is 0. The Labute approximate surface area is 206 Å². The zero-order valence-corrected chi connectivity index (χ0v) is 19.9. The molecule has 35 heavy (non-hydrogen) atoms. The second-order valence-corrected chi connectivity index (χ2v) is 10.0. The first-order valence-electron chi connectivity index (χ1n) is 11.8. The Morgan fingerprint density at radius 2 is 1.80 bits per heavy atom. The van der Waals surface area contributed by atoms with Gasteiger partial charge in [-0.3, -0.25) is 4.90 Å². The fourth-order valence-corrected chi connectivity index (χ4v) is 6.21. The van der Waals surface area contributed by atoms with Crippen molar-refractivity contribution in [2.75, 3.05) is 6.54 Å². The molecule has 0 unspecified atom stereocenters. The number of rotatable bonds is 5. The van der Waals surface area contributed by atoms with E-state index in [1.807, 2.05) is 24.3 Å². The van der Waals surface area contributed by atoms with Crippen molar-refractivity contribution in [2.24, 2.45) is 0 Å². The molecule has 0 aliphatic carbocycles. The summed E-state index contributed by atoms with van der Waals surface area (Å²) < 4.78 is 7.95. The summed E-state index contributed by atoms with van der Waals surface area (Å²) in [4.78, 5) is 14.5. The lowest BCUT2D eigenvalue weighted by molar-refractivity contribution is 0.249. The first-order chi connectivity index (χ1) is 17.3. The van der Waals surface area contributed by atoms with Crippen LogP contribution < -0.4 is 4.74 Å². The topological polar surface area (TPSA) is 55.6 Å². The van der Waals surface area contributed by atoms with E-state index < -0.39 is 0 Å². The van der Waals surface area contributed by atoms with E-state index in [9.17, 15) is 0 Å². The van der Waals surface area contributed by atoms with Crippen LogP contribution in [0.25, 0.3) is 26.6 Å². The summed E-state index contributed by atoms with van der Waals surface area (Å²) in [5.41, 5.74) is 3.60. The molecule has 7 rings (SSSR count). The van der Waals surface area contributed by atoms with E-state index in [0.29, 0.717) is 12.4 Å². The SMILES string of the molecule is c1ccc(CN2CCc3c(sc4ncn5nc(COc6cccc7ccccc67)nc5c34)C2)cc1. The number of hydrogen-bond acceptors (Lipinski definition) is 6. The second-order valence-electron chi connectivity index (χ2n) is 8.94. The van der Waals surface area contributed by atoms with Gasteiger partial charge in [0.15, 0.2) is 11.5 Å². The lowest BCUT2D eigenvalue weighted by Crippen LogP contribution is -2.29. The van der Waals surface area contributed by atoms with E-state index >= 15 is 0 Å². The first kappa shape index (κ1) is 20.6. The Morgan fingerprint density at radius 1 is 0.943 bits per heavy atom. The lowest BCUT2D eigenvalue weighted by Gasteiger charge is -2.26. The van der Waals surface area contributed by atoms with Crippen LogP contribution in [0.1, 0.15) is 21.8 Å². The van der Waals surface area contributed by atoms with Crippen molar-refractivity contribution in [1.29, 1.82) is 0 Å². The summed E-state index contributed by atoms with van der Waals surface area (Å²) >= 11 is 1.78. The van der Waals surface area contributed by atoms with Crippen LogP contribution in [-0.4, -0.2) is 31.0 Å². The van der Waals surface area contributed by atoms with E-state index in [2.05, 4.69) is 58.5 Å². The molecule has 0 saturated carbocycles. The Bertz CT molecular complexity index is 1670. The van der Waals surface area contributed by atoms with Crippen LogP contribution in [0.5, 0.6) is 5.75 Å². The van der Waals surface area contributed by atoms with Crippen LogP contribution in [0.15, 0.2) is 79.1 Å². The van der Waals surface area contributed by atoms with Crippen molar-refractivity contribution in [3.05, 3.63) is 101 Å². The van der Waals surface area contributed by atoms with Crippen molar-refractivity contribution in [3.8, 4) is 5.75 Å². The van der Waals surface area contributed by atoms with Crippen LogP contribution in [-0.2, 0) is 26.1 Å². The highest BCUT2D eigenvalue weighted by atomic mass is 32.1. The third-order valence-corrected chi connectivity index (χ3v) is 7.78. The molecule has 1 aliphatic heterocycles. The highest BCUT2D eigenvalue weighted by Gasteiger charge is 2.24. The van der Waals surface area contributed by atoms with Crippen molar-refractivity contribution < 1.29 is 4.74 Å². The van der Waals surface area contributed by atoms with Gasteiger partial charge in [-0.1, -0.05) is 66.7 Å². The summed E-state index contributed by atoms with van der Waals surface area (Å²) in [6.07, 6.45) is 2.77. The van der Waals surface area contributed by atoms with Gasteiger partial charge in [-0.2, -0.15) is 0 Å². The van der Waals surface area contributed by atoms with Gasteiger partial charge in [0.2, 0.25) is 0 Å². The van der Waals surface area contributed by atoms with E-state index in [0.717, 1.165) is 58.4 Å². The minimum Gasteiger partial charge on any atom is -0.485 e. The summed E-state index contributed by atoms with van der Waals surface area (Å²) in [7, 11) is 0. The van der Waals surface area contributed by atoms with Crippen LogP contribution in [0.2, 0.25) is 0 Å². The fraction of sp³-hybridized carbons (Fsp3) is 0.179. The van der Waals surface area contributed by atoms with Gasteiger partial charge in [-0.25, -0.2) is 14.5 Å². The van der Waals surface area contributed by atoms with E-state index in [4.69, 9.17) is 14.7 Å². The van der Waals surface area contributed by atoms with Gasteiger partial charge in [0.25, 0.3) is 0 Å². The molecule has 6 nitrogen and oxygen atoms in total. The lowest BCUT2D eigenvalue weighted by atomic mass is 10.0. The minimum absolute atomic E-state index is 0.314. The Kier molecular flexibility index (Phi) is 4.96. The van der Waals surface area contributed by atoms with Crippen molar-refractivity contribution in [1.82, 2.24) is 24.5 Å². The molecule has 0 saturated heterocycles. The predicted molar refractivity (Wildman–Crippen MR) is 139 cm³/mol. The Balaban J connectivity index is 1.17. The van der Waals surface area contributed by atoms with E-state index in [1.165, 1.54) is 16.0 Å². The first-order valence-corrected chi connectivity index (χ1v) is 12.6. The van der Waals surface area contributed by atoms with Gasteiger partial charge >= 0.3 is 0 Å². The Morgan fingerprint density at radius 3 is 2.74 bits per heavy atom. The molecule has 0 radical (unpaired) electrons. The standard InChI is InChI=1S/C28H23N5OS/c1-2-7-19(8-3-1)15-32-14-13-22-24(16-32)35-28-26(22)27-30-25(31-33(27)18-29-28)17-34-23-12-6-10-20-9-4-5-11-21(20)23/h1-12,18H,13-17H2. The molecule has 172 valence electrons. The predicted octanol–water partition coefficient (Wildman–Crippen LogP) is 5.63. The minimum atomic E-state index is 0.314. The molecule has 3 aromatic carbocycles. The zero-order valence-electron chi connectivity index (χ0n) is 19.1. The third kappa shape index (κ3) is 3.73. The molecule has 0 N–H and O–H groups in total. The van der Waals surface area contributed by atoms with Gasteiger partial charge in [-0.05, 0) is 29.0 Å². The maximum Gasteiger partial charge on any atom is 0.189 e. The molecule has 0 bridgehead atoms. The third-order valence-electron chi connectivity index (χ3n) is 6.66. The average Bonchev–Trinajstić information content (AvgIpc) is 3.48. The summed E-state index contributed by atoms with van der Waals surface area (Å²) in [5.74, 6) is 1.50. The van der Waals surface area contributed by atoms with E-state index in [-0.39, 0.29) is 0 Å². The van der Waals surface area contributed by atoms with Gasteiger partial charge in [0.05, 0.1) is 5.39 Å². The van der Waals surface area contributed by atoms with Gasteiger partial charge in [0, 0.05) is 29.9 Å². The maximum atomic E-state index is 6.15. The van der Waals surface area contributed by atoms with Gasteiger partial charge in [0.1, 0.15) is 23.5 Å². The molecule has 0 amide bonds. The van der Waals surface area contributed by atoms with Crippen molar-refractivity contribution in [2.45, 2.75) is 26.1 Å². The van der Waals surface area contributed by atoms with Gasteiger partial charge in [-0.15, -0.1) is 16.4 Å². The maximum absolute atomic E-state index is 6.15. The van der Waals surface area contributed by atoms with Crippen LogP contribution in [0.3, 0.4) is 0 Å². The largest absolute Gasteiger partial charge is 0.485 e. The number of thiophene rings is 1. The monoisotopic (exact) mass is 477 g/mol. The molecule has 3 aromatic heterocycles. The van der Waals surface area contributed by atoms with Crippen LogP contribution in [0, 0.1) is 0 Å². The number of nitrogens with zero attached hydrogens (tertiary/aromatic N) is 5. The average molecular weight is 478 g/mol. The zero-order chi connectivity index (χ0) is 23.2. The molecular weight excluding hydrogens is 454 g/mol. The van der Waals surface area contributed by atoms with Crippen molar-refractivity contribution >= 4 is 38.0 Å². The number of fused-ring (bicyclic) bond motifs is 6. The van der Waals surface area contributed by atoms with Gasteiger partial charge < -0.3 is 4.74 Å². The van der Waals surface area contributed by atoms with Crippen molar-refractivity contribution in [3.63, 3.8) is 0 Å². The molecular formula is C28H23N5OS. The number of aromatic nitrogens is 4. The molecule has 0 fully saturated rings. The number of benzene rings is 3. The second kappa shape index (κ2) is 8.45. The molecule has 7 heteroatoms. The normalized spacial score (nSPS) is 14.1. The number of ether oxygens (including phenoxy) is 1. The summed E-state index contributed by atoms with van der Waals surface area (Å²) in [6, 6.07) is 25.0. The molecule has 0 spiro atoms. The van der Waals surface area contributed by atoms with E-state index in [1.54, 1.807) is 22.2 Å². The highest BCUT2D eigenvalue weighted by molar-refractivity contribution is 7.19. The smallest absolute Gasteiger partial charge is 0.189 e. The van der Waals surface area contributed by atoms with Crippen LogP contribution in [0.4, 0.5) is 0 Å². The quantitative estimate of drug-likeness (QED) is 0.322. The molecule has 1 aliphatic rings. The molecule has 4 heterocycles. The highest BCUT2D eigenvalue weighted by Crippen LogP contribution is 2.36. The molecule has 6 aromatic rings. The van der Waals surface area contributed by atoms with Crippen LogP contribution >= 0.6 is 11.3 Å². The Hall–Kier alpha value is -3.81. The summed E-state index contributed by atoms with van der Waals surface area (Å²) in [5, 5.41) is 8.07. The fourth-order valence-electron chi connectivity index (χ4n) is 4.99. The summed E-state index contributed by atoms with van der Waals surface area (Å²) in [6.45, 7) is 3.26.